The predicted octanol–water partition coefficient (Wildman–Crippen LogP) is 1.15. The van der Waals surface area contributed by atoms with Gasteiger partial charge in [0.15, 0.2) is 0 Å². The van der Waals surface area contributed by atoms with Crippen LogP contribution in [0.25, 0.3) is 0 Å². The maximum Gasteiger partial charge on any atom is 0.315 e. The summed E-state index contributed by atoms with van der Waals surface area (Å²) in [6.45, 7) is 3.75. The second kappa shape index (κ2) is 4.66. The molecule has 0 spiro atoms. The number of carbonyl (C=O) groups excluding carboxylic acids is 2. The smallest absolute Gasteiger partial charge is 0.315 e. The topological polar surface area (TPSA) is 49.9 Å². The Morgan fingerprint density at radius 2 is 1.47 bits per heavy atom. The van der Waals surface area contributed by atoms with Crippen molar-refractivity contribution in [1.82, 2.24) is 9.80 Å². The number of benzene rings is 1. The summed E-state index contributed by atoms with van der Waals surface area (Å²) in [6.07, 6.45) is -0.135. The molecule has 0 aliphatic carbocycles. The average molecular weight is 262 g/mol. The number of rotatable bonds is 3. The molecule has 0 N–H and O–H groups in total. The van der Waals surface area contributed by atoms with Crippen LogP contribution in [0.4, 0.5) is 0 Å². The summed E-state index contributed by atoms with van der Waals surface area (Å²) in [5.74, 6) is -2.29. The molecule has 2 rings (SSSR count). The molecule has 1 aromatic rings. The fourth-order valence-electron chi connectivity index (χ4n) is 2.38. The molecule has 2 amide bonds. The first kappa shape index (κ1) is 13.5. The zero-order valence-electron chi connectivity index (χ0n) is 11.6. The molecule has 0 radical (unpaired) electrons. The maximum atomic E-state index is 11.9. The van der Waals surface area contributed by atoms with Crippen LogP contribution in [0.5, 0.6) is 0 Å². The van der Waals surface area contributed by atoms with Gasteiger partial charge < -0.3 is 4.74 Å². The number of nitrogens with zero attached hydrogens (tertiary/aromatic N) is 2. The molecule has 1 aliphatic rings. The lowest BCUT2D eigenvalue weighted by molar-refractivity contribution is -0.226. The first-order valence-corrected chi connectivity index (χ1v) is 6.20. The molecule has 0 atom stereocenters. The minimum absolute atomic E-state index is 0.135. The highest BCUT2D eigenvalue weighted by atomic mass is 16.6. The van der Waals surface area contributed by atoms with Crippen LogP contribution in [-0.4, -0.2) is 41.8 Å². The van der Waals surface area contributed by atoms with Gasteiger partial charge in [-0.3, -0.25) is 19.4 Å². The van der Waals surface area contributed by atoms with Crippen LogP contribution in [0.1, 0.15) is 19.4 Å². The summed E-state index contributed by atoms with van der Waals surface area (Å²) in [5.41, 5.74) is 0.757. The third-order valence-electron chi connectivity index (χ3n) is 3.25. The Hall–Kier alpha value is -1.88. The molecule has 1 heterocycles. The largest absolute Gasteiger partial charge is 0.331 e. The molecular formula is C14H18N2O3. The number of carbonyl (C=O) groups is 2. The minimum atomic E-state index is -1.16. The first-order chi connectivity index (χ1) is 8.91. The molecule has 0 bridgehead atoms. The van der Waals surface area contributed by atoms with Gasteiger partial charge in [0.2, 0.25) is 0 Å². The number of hydrogen-bond acceptors (Lipinski definition) is 3. The Morgan fingerprint density at radius 1 is 1.00 bits per heavy atom. The first-order valence-electron chi connectivity index (χ1n) is 6.20. The van der Waals surface area contributed by atoms with E-state index in [0.717, 1.165) is 5.56 Å². The van der Waals surface area contributed by atoms with E-state index in [1.807, 2.05) is 44.2 Å². The van der Waals surface area contributed by atoms with Gasteiger partial charge in [0.1, 0.15) is 0 Å². The summed E-state index contributed by atoms with van der Waals surface area (Å²) >= 11 is 0. The Bertz CT molecular complexity index is 479. The quantitative estimate of drug-likeness (QED) is 0.768. The summed E-state index contributed by atoms with van der Waals surface area (Å²) in [6, 6.07) is 9.29. The molecule has 0 aromatic heterocycles. The molecule has 5 nitrogen and oxygen atoms in total. The minimum Gasteiger partial charge on any atom is -0.331 e. The average Bonchev–Trinajstić information content (AvgIpc) is 2.56. The molecular weight excluding hydrogens is 244 g/mol. The molecule has 1 fully saturated rings. The van der Waals surface area contributed by atoms with Gasteiger partial charge in [-0.25, -0.2) is 0 Å². The zero-order chi connectivity index (χ0) is 14.2. The van der Waals surface area contributed by atoms with Gasteiger partial charge in [0, 0.05) is 19.7 Å². The van der Waals surface area contributed by atoms with E-state index in [4.69, 9.17) is 4.74 Å². The van der Waals surface area contributed by atoms with Crippen molar-refractivity contribution in [3.8, 4) is 0 Å². The highest BCUT2D eigenvalue weighted by molar-refractivity contribution is 6.36. The highest BCUT2D eigenvalue weighted by Gasteiger charge is 2.56. The molecule has 1 aromatic carbocycles. The Kier molecular flexibility index (Phi) is 3.32. The van der Waals surface area contributed by atoms with Crippen LogP contribution in [-0.2, 0) is 20.2 Å². The molecule has 5 heteroatoms. The predicted molar refractivity (Wildman–Crippen MR) is 69.9 cm³/mol. The third-order valence-corrected chi connectivity index (χ3v) is 3.25. The van der Waals surface area contributed by atoms with E-state index < -0.39 is 17.7 Å². The summed E-state index contributed by atoms with van der Waals surface area (Å²) < 4.78 is 5.96. The third kappa shape index (κ3) is 1.90. The molecule has 1 aliphatic heterocycles. The van der Waals surface area contributed by atoms with Crippen molar-refractivity contribution in [2.75, 3.05) is 14.1 Å². The molecule has 0 saturated carbocycles. The number of hydrogen-bond donors (Lipinski definition) is 0. The second-order valence-electron chi connectivity index (χ2n) is 4.87. The SMILES string of the molecule is CC(C)OC1(c2ccccc2)N(C)C(=O)C(=O)N1C. The fourth-order valence-corrected chi connectivity index (χ4v) is 2.38. The summed E-state index contributed by atoms with van der Waals surface area (Å²) in [4.78, 5) is 26.6. The number of likely N-dealkylation sites (N-methyl/N-ethyl adjacent to an activating group) is 2. The molecule has 1 saturated heterocycles. The number of ether oxygens (including phenoxy) is 1. The van der Waals surface area contributed by atoms with E-state index in [1.54, 1.807) is 14.1 Å². The van der Waals surface area contributed by atoms with Crippen molar-refractivity contribution >= 4 is 11.8 Å². The van der Waals surface area contributed by atoms with Crippen molar-refractivity contribution < 1.29 is 14.3 Å². The van der Waals surface area contributed by atoms with Gasteiger partial charge in [-0.1, -0.05) is 30.3 Å². The van der Waals surface area contributed by atoms with Crippen molar-refractivity contribution in [2.24, 2.45) is 0 Å². The van der Waals surface area contributed by atoms with Gasteiger partial charge in [-0.05, 0) is 13.8 Å². The second-order valence-corrected chi connectivity index (χ2v) is 4.87. The van der Waals surface area contributed by atoms with Gasteiger partial charge >= 0.3 is 11.8 Å². The Labute approximate surface area is 112 Å². The van der Waals surface area contributed by atoms with E-state index in [0.29, 0.717) is 0 Å². The van der Waals surface area contributed by atoms with Crippen LogP contribution in [0.2, 0.25) is 0 Å². The van der Waals surface area contributed by atoms with E-state index in [-0.39, 0.29) is 6.10 Å². The van der Waals surface area contributed by atoms with Crippen molar-refractivity contribution in [3.05, 3.63) is 35.9 Å². The van der Waals surface area contributed by atoms with Crippen molar-refractivity contribution in [1.29, 1.82) is 0 Å². The van der Waals surface area contributed by atoms with Gasteiger partial charge in [-0.15, -0.1) is 0 Å². The van der Waals surface area contributed by atoms with E-state index >= 15 is 0 Å². The standard InChI is InChI=1S/C14H18N2O3/c1-10(2)19-14(11-8-6-5-7-9-11)15(3)12(17)13(18)16(14)4/h5-10H,1-4H3. The molecule has 102 valence electrons. The van der Waals surface area contributed by atoms with Gasteiger partial charge in [-0.2, -0.15) is 0 Å². The molecule has 19 heavy (non-hydrogen) atoms. The lowest BCUT2D eigenvalue weighted by atomic mass is 10.1. The zero-order valence-corrected chi connectivity index (χ0v) is 11.6. The lowest BCUT2D eigenvalue weighted by Gasteiger charge is -2.41. The van der Waals surface area contributed by atoms with Crippen LogP contribution in [0.15, 0.2) is 30.3 Å². The monoisotopic (exact) mass is 262 g/mol. The molecule has 0 unspecified atom stereocenters. The summed E-state index contributed by atoms with van der Waals surface area (Å²) in [5, 5.41) is 0. The van der Waals surface area contributed by atoms with E-state index in [9.17, 15) is 9.59 Å². The van der Waals surface area contributed by atoms with Gasteiger partial charge in [0.05, 0.1) is 6.10 Å². The van der Waals surface area contributed by atoms with Crippen molar-refractivity contribution in [3.63, 3.8) is 0 Å². The van der Waals surface area contributed by atoms with Crippen LogP contribution >= 0.6 is 0 Å². The van der Waals surface area contributed by atoms with E-state index in [1.165, 1.54) is 9.80 Å². The highest BCUT2D eigenvalue weighted by Crippen LogP contribution is 2.38. The van der Waals surface area contributed by atoms with Gasteiger partial charge in [0.25, 0.3) is 5.85 Å². The van der Waals surface area contributed by atoms with Crippen LogP contribution in [0.3, 0.4) is 0 Å². The van der Waals surface area contributed by atoms with E-state index in [2.05, 4.69) is 0 Å². The Balaban J connectivity index is 2.59. The van der Waals surface area contributed by atoms with Crippen LogP contribution < -0.4 is 0 Å². The maximum absolute atomic E-state index is 11.9. The van der Waals surface area contributed by atoms with Crippen LogP contribution in [0, 0.1) is 0 Å². The van der Waals surface area contributed by atoms with Crippen molar-refractivity contribution in [2.45, 2.75) is 25.8 Å². The Morgan fingerprint density at radius 3 is 1.89 bits per heavy atom. The normalized spacial score (nSPS) is 18.6. The lowest BCUT2D eigenvalue weighted by Crippen LogP contribution is -2.52. The number of amides is 2. The summed E-state index contributed by atoms with van der Waals surface area (Å²) in [7, 11) is 3.16. The fraction of sp³-hybridized carbons (Fsp3) is 0.429.